The van der Waals surface area contributed by atoms with Crippen molar-refractivity contribution in [1.82, 2.24) is 14.5 Å². The van der Waals surface area contributed by atoms with Gasteiger partial charge in [-0.3, -0.25) is 9.69 Å². The molecule has 2 aliphatic carbocycles. The molecular weight excluding hydrogens is 422 g/mol. The van der Waals surface area contributed by atoms with Gasteiger partial charge in [0, 0.05) is 26.2 Å². The van der Waals surface area contributed by atoms with Gasteiger partial charge in [-0.25, -0.2) is 8.42 Å². The minimum absolute atomic E-state index is 0.0154. The second-order valence-corrected chi connectivity index (χ2v) is 11.1. The maximum absolute atomic E-state index is 13.1. The molecule has 7 heteroatoms. The van der Waals surface area contributed by atoms with Crippen LogP contribution in [0.3, 0.4) is 0 Å². The Morgan fingerprint density at radius 3 is 2.50 bits per heavy atom. The van der Waals surface area contributed by atoms with Crippen LogP contribution < -0.4 is 5.32 Å². The van der Waals surface area contributed by atoms with E-state index >= 15 is 0 Å². The van der Waals surface area contributed by atoms with Gasteiger partial charge in [0.1, 0.15) is 0 Å². The van der Waals surface area contributed by atoms with Gasteiger partial charge in [-0.2, -0.15) is 4.31 Å². The molecule has 0 spiro atoms. The number of amides is 1. The molecule has 0 radical (unpaired) electrons. The van der Waals surface area contributed by atoms with Crippen LogP contribution >= 0.6 is 0 Å². The SMILES string of the molecule is O=C(CN1CCN(S(=O)(=O)c2ccc3c(c2)CCC3)CC1)NC1CCCc2ccccc21. The third-order valence-corrected chi connectivity index (χ3v) is 9.01. The number of benzene rings is 2. The van der Waals surface area contributed by atoms with Gasteiger partial charge >= 0.3 is 0 Å². The molecule has 1 saturated heterocycles. The molecule has 1 amide bonds. The van der Waals surface area contributed by atoms with Crippen LogP contribution in [0, 0.1) is 0 Å². The van der Waals surface area contributed by atoms with E-state index in [2.05, 4.69) is 28.4 Å². The number of carbonyl (C=O) groups is 1. The van der Waals surface area contributed by atoms with E-state index in [4.69, 9.17) is 0 Å². The zero-order valence-corrected chi connectivity index (χ0v) is 19.2. The van der Waals surface area contributed by atoms with E-state index in [0.717, 1.165) is 38.5 Å². The molecule has 1 fully saturated rings. The molecule has 32 heavy (non-hydrogen) atoms. The van der Waals surface area contributed by atoms with Gasteiger partial charge < -0.3 is 5.32 Å². The van der Waals surface area contributed by atoms with E-state index in [1.165, 1.54) is 22.3 Å². The Morgan fingerprint density at radius 1 is 0.906 bits per heavy atom. The second-order valence-electron chi connectivity index (χ2n) is 9.18. The van der Waals surface area contributed by atoms with Crippen LogP contribution in [0.4, 0.5) is 0 Å². The summed E-state index contributed by atoms with van der Waals surface area (Å²) >= 11 is 0. The first-order chi connectivity index (χ1) is 15.5. The number of sulfonamides is 1. The summed E-state index contributed by atoms with van der Waals surface area (Å²) in [7, 11) is -3.49. The van der Waals surface area contributed by atoms with Crippen LogP contribution in [-0.4, -0.2) is 56.3 Å². The van der Waals surface area contributed by atoms with Crippen LogP contribution in [-0.2, 0) is 34.1 Å². The lowest BCUT2D eigenvalue weighted by molar-refractivity contribution is -0.123. The minimum atomic E-state index is -3.49. The van der Waals surface area contributed by atoms with Gasteiger partial charge in [0.15, 0.2) is 0 Å². The zero-order chi connectivity index (χ0) is 22.1. The maximum atomic E-state index is 13.1. The number of piperazine rings is 1. The molecule has 1 unspecified atom stereocenters. The van der Waals surface area contributed by atoms with Gasteiger partial charge in [0.05, 0.1) is 17.5 Å². The van der Waals surface area contributed by atoms with Gasteiger partial charge in [0.25, 0.3) is 0 Å². The first kappa shape index (κ1) is 21.6. The number of carbonyl (C=O) groups excluding carboxylic acids is 1. The maximum Gasteiger partial charge on any atom is 0.243 e. The van der Waals surface area contributed by atoms with Crippen molar-refractivity contribution in [3.8, 4) is 0 Å². The van der Waals surface area contributed by atoms with E-state index in [1.54, 1.807) is 10.4 Å². The average Bonchev–Trinajstić information content (AvgIpc) is 3.28. The molecule has 5 rings (SSSR count). The molecule has 3 aliphatic rings. The van der Waals surface area contributed by atoms with E-state index in [-0.39, 0.29) is 11.9 Å². The molecule has 170 valence electrons. The number of rotatable bonds is 5. The summed E-state index contributed by atoms with van der Waals surface area (Å²) in [5.41, 5.74) is 5.01. The predicted molar refractivity (Wildman–Crippen MR) is 124 cm³/mol. The van der Waals surface area contributed by atoms with Gasteiger partial charge in [-0.1, -0.05) is 30.3 Å². The van der Waals surface area contributed by atoms with Crippen LogP contribution in [0.1, 0.15) is 47.6 Å². The van der Waals surface area contributed by atoms with Crippen LogP contribution in [0.5, 0.6) is 0 Å². The van der Waals surface area contributed by atoms with E-state index in [0.29, 0.717) is 37.6 Å². The van der Waals surface area contributed by atoms with Gasteiger partial charge in [-0.05, 0) is 72.9 Å². The quantitative estimate of drug-likeness (QED) is 0.756. The summed E-state index contributed by atoms with van der Waals surface area (Å²) in [5.74, 6) is 0.0154. The summed E-state index contributed by atoms with van der Waals surface area (Å²) in [5, 5.41) is 3.20. The smallest absolute Gasteiger partial charge is 0.243 e. The number of hydrogen-bond donors (Lipinski definition) is 1. The lowest BCUT2D eigenvalue weighted by Crippen LogP contribution is -2.51. The van der Waals surface area contributed by atoms with Crippen molar-refractivity contribution in [3.05, 3.63) is 64.7 Å². The van der Waals surface area contributed by atoms with Crippen LogP contribution in [0.2, 0.25) is 0 Å². The van der Waals surface area contributed by atoms with Gasteiger partial charge in [-0.15, -0.1) is 0 Å². The highest BCUT2D eigenvalue weighted by atomic mass is 32.2. The first-order valence-electron chi connectivity index (χ1n) is 11.7. The molecule has 0 aromatic heterocycles. The summed E-state index contributed by atoms with van der Waals surface area (Å²) in [6, 6.07) is 14.0. The van der Waals surface area contributed by atoms with Crippen molar-refractivity contribution in [1.29, 1.82) is 0 Å². The van der Waals surface area contributed by atoms with Crippen molar-refractivity contribution in [2.45, 2.75) is 49.5 Å². The van der Waals surface area contributed by atoms with E-state index < -0.39 is 10.0 Å². The first-order valence-corrected chi connectivity index (χ1v) is 13.2. The van der Waals surface area contributed by atoms with Crippen molar-refractivity contribution in [3.63, 3.8) is 0 Å². The molecule has 1 heterocycles. The van der Waals surface area contributed by atoms with Crippen LogP contribution in [0.25, 0.3) is 0 Å². The lowest BCUT2D eigenvalue weighted by atomic mass is 9.88. The standard InChI is InChI=1S/C25H31N3O3S/c29-25(26-24-10-4-7-20-5-1-2-9-23(20)24)18-27-13-15-28(16-14-27)32(30,31)22-12-11-19-6-3-8-21(19)17-22/h1-2,5,9,11-12,17,24H,3-4,6-8,10,13-16,18H2,(H,26,29). The minimum Gasteiger partial charge on any atom is -0.348 e. The Morgan fingerprint density at radius 2 is 1.66 bits per heavy atom. The molecular formula is C25H31N3O3S. The topological polar surface area (TPSA) is 69.7 Å². The van der Waals surface area contributed by atoms with E-state index in [9.17, 15) is 13.2 Å². The Kier molecular flexibility index (Phi) is 6.05. The van der Waals surface area contributed by atoms with Crippen molar-refractivity contribution in [2.24, 2.45) is 0 Å². The number of nitrogens with one attached hydrogen (secondary N) is 1. The Hall–Kier alpha value is -2.22. The summed E-state index contributed by atoms with van der Waals surface area (Å²) in [6.45, 7) is 2.28. The summed E-state index contributed by atoms with van der Waals surface area (Å²) in [6.07, 6.45) is 6.24. The van der Waals surface area contributed by atoms with Crippen LogP contribution in [0.15, 0.2) is 47.4 Å². The number of aryl methyl sites for hydroxylation is 3. The fraction of sp³-hybridized carbons (Fsp3) is 0.480. The Balaban J connectivity index is 1.16. The number of nitrogens with zero attached hydrogens (tertiary/aromatic N) is 2. The summed E-state index contributed by atoms with van der Waals surface area (Å²) in [4.78, 5) is 15.2. The fourth-order valence-electron chi connectivity index (χ4n) is 5.33. The molecule has 2 aromatic carbocycles. The van der Waals surface area contributed by atoms with E-state index in [1.807, 2.05) is 18.2 Å². The van der Waals surface area contributed by atoms with Crippen molar-refractivity contribution in [2.75, 3.05) is 32.7 Å². The fourth-order valence-corrected chi connectivity index (χ4v) is 6.81. The normalized spacial score (nSPS) is 21.7. The molecule has 1 aliphatic heterocycles. The molecule has 1 atom stereocenters. The second kappa shape index (κ2) is 8.96. The third-order valence-electron chi connectivity index (χ3n) is 7.11. The lowest BCUT2D eigenvalue weighted by Gasteiger charge is -2.34. The average molecular weight is 454 g/mol. The van der Waals surface area contributed by atoms with Crippen molar-refractivity contribution >= 4 is 15.9 Å². The van der Waals surface area contributed by atoms with Gasteiger partial charge in [0.2, 0.25) is 15.9 Å². The number of hydrogen-bond acceptors (Lipinski definition) is 4. The molecule has 0 bridgehead atoms. The van der Waals surface area contributed by atoms with Crippen molar-refractivity contribution < 1.29 is 13.2 Å². The highest BCUT2D eigenvalue weighted by Crippen LogP contribution is 2.29. The third kappa shape index (κ3) is 4.34. The number of fused-ring (bicyclic) bond motifs is 2. The summed E-state index contributed by atoms with van der Waals surface area (Å²) < 4.78 is 27.8. The predicted octanol–water partition coefficient (Wildman–Crippen LogP) is 2.68. The monoisotopic (exact) mass is 453 g/mol. The highest BCUT2D eigenvalue weighted by molar-refractivity contribution is 7.89. The molecule has 1 N–H and O–H groups in total. The molecule has 2 aromatic rings. The zero-order valence-electron chi connectivity index (χ0n) is 18.4. The molecule has 0 saturated carbocycles. The Labute approximate surface area is 190 Å². The highest BCUT2D eigenvalue weighted by Gasteiger charge is 2.30. The largest absolute Gasteiger partial charge is 0.348 e. The molecule has 6 nitrogen and oxygen atoms in total. The Bertz CT molecular complexity index is 1110.